The van der Waals surface area contributed by atoms with Crippen molar-refractivity contribution >= 4 is 11.9 Å². The van der Waals surface area contributed by atoms with Crippen LogP contribution in [-0.2, 0) is 9.59 Å². The van der Waals surface area contributed by atoms with Crippen LogP contribution in [0.1, 0.15) is 25.5 Å². The first-order valence-electron chi connectivity index (χ1n) is 5.53. The molecular weight excluding hydrogens is 218 g/mol. The van der Waals surface area contributed by atoms with E-state index in [2.05, 4.69) is 5.32 Å². The van der Waals surface area contributed by atoms with E-state index in [9.17, 15) is 14.7 Å². The van der Waals surface area contributed by atoms with Gasteiger partial charge in [0.25, 0.3) is 0 Å². The molecule has 2 atom stereocenters. The molecule has 1 aliphatic rings. The summed E-state index contributed by atoms with van der Waals surface area (Å²) in [5.41, 5.74) is -0.0504. The van der Waals surface area contributed by atoms with Crippen molar-refractivity contribution in [3.8, 4) is 0 Å². The molecule has 17 heavy (non-hydrogen) atoms. The molecule has 4 nitrogen and oxygen atoms in total. The minimum Gasteiger partial charge on any atom is -0.481 e. The predicted molar refractivity (Wildman–Crippen MR) is 62.2 cm³/mol. The highest BCUT2D eigenvalue weighted by Gasteiger charge is 2.53. The van der Waals surface area contributed by atoms with Crippen molar-refractivity contribution in [3.63, 3.8) is 0 Å². The summed E-state index contributed by atoms with van der Waals surface area (Å²) in [5.74, 6) is -1.89. The number of aliphatic carboxylic acids is 1. The summed E-state index contributed by atoms with van der Waals surface area (Å²) in [6.45, 7) is 3.34. The molecule has 2 rings (SSSR count). The highest BCUT2D eigenvalue weighted by atomic mass is 16.4. The summed E-state index contributed by atoms with van der Waals surface area (Å²) < 4.78 is 0. The van der Waals surface area contributed by atoms with E-state index in [0.717, 1.165) is 5.56 Å². The van der Waals surface area contributed by atoms with Gasteiger partial charge in [-0.3, -0.25) is 9.59 Å². The number of benzene rings is 1. The van der Waals surface area contributed by atoms with Crippen LogP contribution in [0.15, 0.2) is 30.3 Å². The Kier molecular flexibility index (Phi) is 2.65. The molecule has 2 unspecified atom stereocenters. The van der Waals surface area contributed by atoms with Gasteiger partial charge in [0.2, 0.25) is 5.91 Å². The summed E-state index contributed by atoms with van der Waals surface area (Å²) in [6, 6.07) is 8.76. The Bertz CT molecular complexity index is 453. The molecule has 1 amide bonds. The molecule has 90 valence electrons. The lowest BCUT2D eigenvalue weighted by molar-refractivity contribution is -0.147. The number of carboxylic acids is 1. The van der Waals surface area contributed by atoms with Gasteiger partial charge in [-0.05, 0) is 5.56 Å². The van der Waals surface area contributed by atoms with Gasteiger partial charge in [-0.15, -0.1) is 0 Å². The number of carbonyl (C=O) groups excluding carboxylic acids is 1. The quantitative estimate of drug-likeness (QED) is 0.815. The highest BCUT2D eigenvalue weighted by Crippen LogP contribution is 2.42. The van der Waals surface area contributed by atoms with Crippen LogP contribution in [0.5, 0.6) is 0 Å². The molecule has 0 aromatic heterocycles. The Labute approximate surface area is 99.6 Å². The Hall–Kier alpha value is -1.84. The fraction of sp³-hybridized carbons (Fsp3) is 0.385. The van der Waals surface area contributed by atoms with Crippen LogP contribution < -0.4 is 5.32 Å². The number of amides is 1. The van der Waals surface area contributed by atoms with Crippen molar-refractivity contribution in [2.75, 3.05) is 0 Å². The molecule has 0 radical (unpaired) electrons. The van der Waals surface area contributed by atoms with Crippen LogP contribution in [0, 0.1) is 11.3 Å². The molecule has 1 heterocycles. The van der Waals surface area contributed by atoms with Gasteiger partial charge in [0.1, 0.15) is 0 Å². The Morgan fingerprint density at radius 3 is 2.41 bits per heavy atom. The number of carboxylic acid groups (broad SMARTS) is 1. The lowest BCUT2D eigenvalue weighted by atomic mass is 9.77. The van der Waals surface area contributed by atoms with Gasteiger partial charge in [0, 0.05) is 0 Å². The maximum absolute atomic E-state index is 11.8. The summed E-state index contributed by atoms with van der Waals surface area (Å²) in [6.07, 6.45) is 0. The molecule has 1 saturated heterocycles. The first kappa shape index (κ1) is 11.6. The van der Waals surface area contributed by atoms with E-state index in [1.54, 1.807) is 13.8 Å². The SMILES string of the molecule is CC1(C)C(=O)NC(c2ccccc2)C1C(=O)O. The summed E-state index contributed by atoms with van der Waals surface area (Å²) in [7, 11) is 0. The van der Waals surface area contributed by atoms with E-state index in [0.29, 0.717) is 0 Å². The largest absolute Gasteiger partial charge is 0.481 e. The van der Waals surface area contributed by atoms with E-state index in [1.807, 2.05) is 30.3 Å². The second-order valence-electron chi connectivity index (χ2n) is 4.90. The van der Waals surface area contributed by atoms with Crippen LogP contribution in [0.4, 0.5) is 0 Å². The fourth-order valence-corrected chi connectivity index (χ4v) is 2.36. The number of nitrogens with one attached hydrogen (secondary N) is 1. The Morgan fingerprint density at radius 2 is 1.88 bits per heavy atom. The van der Waals surface area contributed by atoms with Gasteiger partial charge in [-0.1, -0.05) is 44.2 Å². The topological polar surface area (TPSA) is 66.4 Å². The van der Waals surface area contributed by atoms with Crippen molar-refractivity contribution in [2.24, 2.45) is 11.3 Å². The van der Waals surface area contributed by atoms with Gasteiger partial charge in [-0.25, -0.2) is 0 Å². The highest BCUT2D eigenvalue weighted by molar-refractivity contribution is 5.92. The number of hydrogen-bond acceptors (Lipinski definition) is 2. The molecular formula is C13H15NO3. The van der Waals surface area contributed by atoms with Gasteiger partial charge in [-0.2, -0.15) is 0 Å². The zero-order valence-electron chi connectivity index (χ0n) is 9.81. The Morgan fingerprint density at radius 1 is 1.29 bits per heavy atom. The lowest BCUT2D eigenvalue weighted by Crippen LogP contribution is -2.32. The monoisotopic (exact) mass is 233 g/mol. The van der Waals surface area contributed by atoms with Crippen molar-refractivity contribution in [2.45, 2.75) is 19.9 Å². The molecule has 1 aromatic carbocycles. The summed E-state index contributed by atoms with van der Waals surface area (Å²) in [4.78, 5) is 23.2. The van der Waals surface area contributed by atoms with Crippen LogP contribution in [0.3, 0.4) is 0 Å². The van der Waals surface area contributed by atoms with Crippen LogP contribution in [0.2, 0.25) is 0 Å². The van der Waals surface area contributed by atoms with Crippen molar-refractivity contribution < 1.29 is 14.7 Å². The number of carbonyl (C=O) groups is 2. The second-order valence-corrected chi connectivity index (χ2v) is 4.90. The Balaban J connectivity index is 2.42. The molecule has 0 bridgehead atoms. The zero-order chi connectivity index (χ0) is 12.6. The molecule has 0 saturated carbocycles. The molecule has 4 heteroatoms. The van der Waals surface area contributed by atoms with Gasteiger partial charge >= 0.3 is 5.97 Å². The fourth-order valence-electron chi connectivity index (χ4n) is 2.36. The maximum Gasteiger partial charge on any atom is 0.310 e. The van der Waals surface area contributed by atoms with E-state index < -0.39 is 23.3 Å². The van der Waals surface area contributed by atoms with Crippen LogP contribution >= 0.6 is 0 Å². The third-order valence-electron chi connectivity index (χ3n) is 3.41. The average molecular weight is 233 g/mol. The third-order valence-corrected chi connectivity index (χ3v) is 3.41. The van der Waals surface area contributed by atoms with Gasteiger partial charge < -0.3 is 10.4 Å². The van der Waals surface area contributed by atoms with Gasteiger partial charge in [0.05, 0.1) is 17.4 Å². The molecule has 0 spiro atoms. The van der Waals surface area contributed by atoms with Crippen LogP contribution in [-0.4, -0.2) is 17.0 Å². The molecule has 1 aromatic rings. The van der Waals surface area contributed by atoms with Crippen molar-refractivity contribution in [3.05, 3.63) is 35.9 Å². The van der Waals surface area contributed by atoms with E-state index in [4.69, 9.17) is 0 Å². The normalized spacial score (nSPS) is 26.6. The standard InChI is InChI=1S/C13H15NO3/c1-13(2)9(11(15)16)10(14-12(13)17)8-6-4-3-5-7-8/h3-7,9-10H,1-2H3,(H,14,17)(H,15,16). The molecule has 1 fully saturated rings. The minimum absolute atomic E-state index is 0.209. The first-order chi connectivity index (χ1) is 7.94. The van der Waals surface area contributed by atoms with Gasteiger partial charge in [0.15, 0.2) is 0 Å². The van der Waals surface area contributed by atoms with E-state index in [1.165, 1.54) is 0 Å². The van der Waals surface area contributed by atoms with E-state index in [-0.39, 0.29) is 5.91 Å². The average Bonchev–Trinajstić information content (AvgIpc) is 2.51. The molecule has 0 aliphatic carbocycles. The minimum atomic E-state index is -0.942. The van der Waals surface area contributed by atoms with E-state index >= 15 is 0 Å². The molecule has 2 N–H and O–H groups in total. The number of rotatable bonds is 2. The smallest absolute Gasteiger partial charge is 0.310 e. The third kappa shape index (κ3) is 1.79. The van der Waals surface area contributed by atoms with Crippen molar-refractivity contribution in [1.29, 1.82) is 0 Å². The van der Waals surface area contributed by atoms with Crippen molar-refractivity contribution in [1.82, 2.24) is 5.32 Å². The summed E-state index contributed by atoms with van der Waals surface area (Å²) in [5, 5.41) is 12.1. The predicted octanol–water partition coefficient (Wildman–Crippen LogP) is 1.58. The summed E-state index contributed by atoms with van der Waals surface area (Å²) >= 11 is 0. The lowest BCUT2D eigenvalue weighted by Gasteiger charge is -2.23. The zero-order valence-corrected chi connectivity index (χ0v) is 9.81. The molecule has 1 aliphatic heterocycles. The second kappa shape index (κ2) is 3.87. The maximum atomic E-state index is 11.8. The first-order valence-corrected chi connectivity index (χ1v) is 5.53. The number of hydrogen-bond donors (Lipinski definition) is 2. The van der Waals surface area contributed by atoms with Crippen LogP contribution in [0.25, 0.3) is 0 Å².